The Balaban J connectivity index is 2.60. The Morgan fingerprint density at radius 1 is 1.27 bits per heavy atom. The maximum atomic E-state index is 8.48. The van der Waals surface area contributed by atoms with Gasteiger partial charge in [-0.3, -0.25) is 0 Å². The fourth-order valence-electron chi connectivity index (χ4n) is 1.83. The van der Waals surface area contributed by atoms with Crippen molar-refractivity contribution >= 4 is 11.8 Å². The van der Waals surface area contributed by atoms with Gasteiger partial charge in [-0.2, -0.15) is 5.26 Å². The molecule has 1 atom stereocenters. The first-order valence-corrected chi connectivity index (χ1v) is 6.18. The molecule has 80 valence electrons. The maximum Gasteiger partial charge on any atom is 0.133 e. The number of benzene rings is 1. The van der Waals surface area contributed by atoms with Crippen LogP contribution in [0.3, 0.4) is 0 Å². The highest BCUT2D eigenvalue weighted by molar-refractivity contribution is 8.03. The second kappa shape index (κ2) is 5.82. The van der Waals surface area contributed by atoms with Gasteiger partial charge < -0.3 is 0 Å². The summed E-state index contributed by atoms with van der Waals surface area (Å²) in [5.74, 6) is 1.49. The third kappa shape index (κ3) is 4.40. The maximum absolute atomic E-state index is 8.48. The Bertz CT molecular complexity index is 345. The molecule has 0 radical (unpaired) electrons. The molecule has 0 N–H and O–H groups in total. The van der Waals surface area contributed by atoms with E-state index in [9.17, 15) is 0 Å². The monoisotopic (exact) mass is 219 g/mol. The predicted octanol–water partition coefficient (Wildman–Crippen LogP) is 3.70. The highest BCUT2D eigenvalue weighted by atomic mass is 32.2. The fourth-order valence-corrected chi connectivity index (χ4v) is 2.30. The fraction of sp³-hybridized carbons (Fsp3) is 0.462. The summed E-state index contributed by atoms with van der Waals surface area (Å²) < 4.78 is 0. The van der Waals surface area contributed by atoms with E-state index in [1.54, 1.807) is 0 Å². The Morgan fingerprint density at radius 3 is 2.40 bits per heavy atom. The number of hydrogen-bond donors (Lipinski definition) is 0. The van der Waals surface area contributed by atoms with E-state index < -0.39 is 0 Å². The lowest BCUT2D eigenvalue weighted by Gasteiger charge is -2.10. The second-order valence-electron chi connectivity index (χ2n) is 4.21. The first-order valence-electron chi connectivity index (χ1n) is 5.20. The molecular formula is C13H17NS. The van der Waals surface area contributed by atoms with Gasteiger partial charge in [-0.15, -0.1) is 0 Å². The molecule has 2 heteroatoms. The van der Waals surface area contributed by atoms with Crippen molar-refractivity contribution in [3.05, 3.63) is 34.9 Å². The molecule has 0 fully saturated rings. The lowest BCUT2D eigenvalue weighted by Crippen LogP contribution is -2.02. The van der Waals surface area contributed by atoms with Crippen LogP contribution in [0.4, 0.5) is 0 Å². The van der Waals surface area contributed by atoms with Gasteiger partial charge in [0, 0.05) is 5.75 Å². The number of aryl methyl sites for hydroxylation is 2. The first-order chi connectivity index (χ1) is 7.11. The topological polar surface area (TPSA) is 23.8 Å². The van der Waals surface area contributed by atoms with Crippen molar-refractivity contribution in [1.82, 2.24) is 0 Å². The van der Waals surface area contributed by atoms with Crippen molar-refractivity contribution in [2.24, 2.45) is 5.92 Å². The van der Waals surface area contributed by atoms with E-state index in [4.69, 9.17) is 5.26 Å². The zero-order chi connectivity index (χ0) is 11.3. The molecule has 1 aromatic rings. The number of nitrogens with zero attached hydrogens (tertiary/aromatic N) is 1. The molecule has 15 heavy (non-hydrogen) atoms. The Hall–Kier alpha value is -0.940. The van der Waals surface area contributed by atoms with E-state index in [2.05, 4.69) is 44.4 Å². The minimum atomic E-state index is 0.566. The van der Waals surface area contributed by atoms with Crippen molar-refractivity contribution in [3.63, 3.8) is 0 Å². The van der Waals surface area contributed by atoms with Crippen LogP contribution >= 0.6 is 11.8 Å². The third-order valence-corrected chi connectivity index (χ3v) is 3.16. The van der Waals surface area contributed by atoms with Gasteiger partial charge in [0.1, 0.15) is 5.40 Å². The van der Waals surface area contributed by atoms with Crippen molar-refractivity contribution in [3.8, 4) is 5.40 Å². The average Bonchev–Trinajstić information content (AvgIpc) is 2.13. The molecule has 0 saturated heterocycles. The van der Waals surface area contributed by atoms with Crippen LogP contribution in [0.1, 0.15) is 23.6 Å². The lowest BCUT2D eigenvalue weighted by molar-refractivity contribution is 0.659. The minimum Gasteiger partial charge on any atom is -0.185 e. The van der Waals surface area contributed by atoms with Crippen LogP contribution in [-0.2, 0) is 6.42 Å². The number of hydrogen-bond acceptors (Lipinski definition) is 2. The Kier molecular flexibility index (Phi) is 4.71. The molecule has 0 amide bonds. The van der Waals surface area contributed by atoms with Gasteiger partial charge in [-0.05, 0) is 43.5 Å². The second-order valence-corrected chi connectivity index (χ2v) is 5.01. The van der Waals surface area contributed by atoms with Gasteiger partial charge in [0.25, 0.3) is 0 Å². The number of rotatable bonds is 4. The quantitative estimate of drug-likeness (QED) is 0.721. The highest BCUT2D eigenvalue weighted by Crippen LogP contribution is 2.16. The van der Waals surface area contributed by atoms with Crippen LogP contribution in [0.25, 0.3) is 0 Å². The van der Waals surface area contributed by atoms with Crippen LogP contribution in [0.5, 0.6) is 0 Å². The summed E-state index contributed by atoms with van der Waals surface area (Å²) in [7, 11) is 0. The zero-order valence-electron chi connectivity index (χ0n) is 9.58. The number of thiocyanates is 1. The molecule has 0 bridgehead atoms. The van der Waals surface area contributed by atoms with Crippen molar-refractivity contribution in [2.75, 3.05) is 5.75 Å². The molecule has 1 rings (SSSR count). The van der Waals surface area contributed by atoms with Crippen molar-refractivity contribution in [2.45, 2.75) is 27.2 Å². The van der Waals surface area contributed by atoms with Crippen LogP contribution in [0, 0.1) is 30.4 Å². The van der Waals surface area contributed by atoms with E-state index in [-0.39, 0.29) is 0 Å². The minimum absolute atomic E-state index is 0.566. The van der Waals surface area contributed by atoms with E-state index in [0.29, 0.717) is 5.92 Å². The Morgan fingerprint density at radius 2 is 1.87 bits per heavy atom. The van der Waals surface area contributed by atoms with Crippen LogP contribution in [0.15, 0.2) is 18.2 Å². The summed E-state index contributed by atoms with van der Waals surface area (Å²) in [5, 5.41) is 10.6. The van der Waals surface area contributed by atoms with Gasteiger partial charge in [0.15, 0.2) is 0 Å². The molecule has 0 saturated carbocycles. The Labute approximate surface area is 96.5 Å². The first kappa shape index (κ1) is 12.1. The molecular weight excluding hydrogens is 202 g/mol. The largest absolute Gasteiger partial charge is 0.185 e. The van der Waals surface area contributed by atoms with E-state index in [1.807, 2.05) is 0 Å². The van der Waals surface area contributed by atoms with E-state index in [0.717, 1.165) is 12.2 Å². The molecule has 0 spiro atoms. The molecule has 1 nitrogen and oxygen atoms in total. The van der Waals surface area contributed by atoms with Gasteiger partial charge in [-0.25, -0.2) is 0 Å². The number of nitriles is 1. The van der Waals surface area contributed by atoms with Crippen LogP contribution in [-0.4, -0.2) is 5.75 Å². The van der Waals surface area contributed by atoms with Crippen LogP contribution in [0.2, 0.25) is 0 Å². The molecule has 0 aliphatic rings. The number of thioether (sulfide) groups is 1. The van der Waals surface area contributed by atoms with Gasteiger partial charge in [0.2, 0.25) is 0 Å². The molecule has 1 unspecified atom stereocenters. The molecule has 0 heterocycles. The van der Waals surface area contributed by atoms with Crippen molar-refractivity contribution in [1.29, 1.82) is 5.26 Å². The third-order valence-electron chi connectivity index (χ3n) is 2.30. The molecule has 0 aliphatic heterocycles. The summed E-state index contributed by atoms with van der Waals surface area (Å²) in [6, 6.07) is 6.67. The molecule has 0 aliphatic carbocycles. The summed E-state index contributed by atoms with van der Waals surface area (Å²) in [6.45, 7) is 6.46. The van der Waals surface area contributed by atoms with Gasteiger partial charge >= 0.3 is 0 Å². The molecule has 0 aromatic heterocycles. The average molecular weight is 219 g/mol. The molecule has 1 aromatic carbocycles. The smallest absolute Gasteiger partial charge is 0.133 e. The van der Waals surface area contributed by atoms with E-state index in [1.165, 1.54) is 28.5 Å². The summed E-state index contributed by atoms with van der Waals surface area (Å²) in [4.78, 5) is 0. The zero-order valence-corrected chi connectivity index (χ0v) is 10.4. The summed E-state index contributed by atoms with van der Waals surface area (Å²) in [5.41, 5.74) is 4.04. The van der Waals surface area contributed by atoms with E-state index >= 15 is 0 Å². The lowest BCUT2D eigenvalue weighted by atomic mass is 9.99. The standard InChI is InChI=1S/C13H17NS/c1-10-4-11(2)6-13(5-10)7-12(3)8-15-9-14/h4-6,12H,7-8H2,1-3H3. The summed E-state index contributed by atoms with van der Waals surface area (Å²) in [6.07, 6.45) is 1.07. The van der Waals surface area contributed by atoms with Crippen molar-refractivity contribution < 1.29 is 0 Å². The summed E-state index contributed by atoms with van der Waals surface area (Å²) >= 11 is 1.35. The van der Waals surface area contributed by atoms with Gasteiger partial charge in [-0.1, -0.05) is 36.2 Å². The highest BCUT2D eigenvalue weighted by Gasteiger charge is 2.04. The van der Waals surface area contributed by atoms with Gasteiger partial charge in [0.05, 0.1) is 0 Å². The van der Waals surface area contributed by atoms with Crippen LogP contribution < -0.4 is 0 Å². The SMILES string of the molecule is Cc1cc(C)cc(CC(C)CSC#N)c1. The predicted molar refractivity (Wildman–Crippen MR) is 66.9 cm³/mol. The normalized spacial score (nSPS) is 12.1.